The van der Waals surface area contributed by atoms with Crippen molar-refractivity contribution >= 4 is 43.3 Å². The molecule has 0 aliphatic rings. The minimum atomic E-state index is -0.0197. The first kappa shape index (κ1) is 13.2. The quantitative estimate of drug-likeness (QED) is 0.664. The van der Waals surface area contributed by atoms with E-state index in [2.05, 4.69) is 36.8 Å². The van der Waals surface area contributed by atoms with Gasteiger partial charge in [-0.15, -0.1) is 0 Å². The third-order valence-electron chi connectivity index (χ3n) is 2.44. The molecule has 3 nitrogen and oxygen atoms in total. The Labute approximate surface area is 122 Å². The second-order valence-corrected chi connectivity index (χ2v) is 5.67. The molecule has 0 unspecified atom stereocenters. The smallest absolute Gasteiger partial charge is 0.169 e. The summed E-state index contributed by atoms with van der Waals surface area (Å²) in [5.74, 6) is -0.0197. The van der Waals surface area contributed by atoms with Crippen molar-refractivity contribution in [3.05, 3.63) is 56.7 Å². The highest BCUT2D eigenvalue weighted by Gasteiger charge is 2.11. The number of carbonyl (C=O) groups is 1. The van der Waals surface area contributed by atoms with Crippen molar-refractivity contribution in [3.8, 4) is 0 Å². The number of rotatable bonds is 3. The molecule has 18 heavy (non-hydrogen) atoms. The third-order valence-corrected chi connectivity index (χ3v) is 3.37. The summed E-state index contributed by atoms with van der Waals surface area (Å²) in [7, 11) is 0. The van der Waals surface area contributed by atoms with Crippen LogP contribution in [0.1, 0.15) is 15.9 Å². The van der Waals surface area contributed by atoms with E-state index in [0.29, 0.717) is 11.3 Å². The van der Waals surface area contributed by atoms with Gasteiger partial charge in [0.25, 0.3) is 0 Å². The summed E-state index contributed by atoms with van der Waals surface area (Å²) in [5.41, 5.74) is 7.69. The van der Waals surface area contributed by atoms with Crippen LogP contribution >= 0.6 is 31.9 Å². The van der Waals surface area contributed by atoms with E-state index in [1.54, 1.807) is 24.5 Å². The van der Waals surface area contributed by atoms with Gasteiger partial charge in [0.1, 0.15) is 0 Å². The number of Topliss-reactive ketones (excluding diaryl/α,β-unsaturated/α-hetero) is 1. The Balaban J connectivity index is 2.24. The molecule has 92 valence electrons. The Morgan fingerprint density at radius 1 is 1.17 bits per heavy atom. The number of nitrogens with zero attached hydrogens (tertiary/aromatic N) is 1. The molecule has 0 saturated carbocycles. The van der Waals surface area contributed by atoms with Crippen molar-refractivity contribution in [2.45, 2.75) is 6.42 Å². The van der Waals surface area contributed by atoms with E-state index >= 15 is 0 Å². The maximum Gasteiger partial charge on any atom is 0.169 e. The highest BCUT2D eigenvalue weighted by Crippen LogP contribution is 2.20. The van der Waals surface area contributed by atoms with E-state index in [1.807, 2.05) is 12.1 Å². The maximum atomic E-state index is 12.2. The Kier molecular flexibility index (Phi) is 4.14. The van der Waals surface area contributed by atoms with Crippen molar-refractivity contribution in [1.29, 1.82) is 0 Å². The molecule has 5 heteroatoms. The van der Waals surface area contributed by atoms with Crippen LogP contribution in [0.15, 0.2) is 45.6 Å². The van der Waals surface area contributed by atoms with Crippen molar-refractivity contribution in [3.63, 3.8) is 0 Å². The van der Waals surface area contributed by atoms with Crippen molar-refractivity contribution in [2.75, 3.05) is 5.73 Å². The molecular weight excluding hydrogens is 360 g/mol. The number of nitrogen functional groups attached to an aromatic ring is 1. The molecule has 2 N–H and O–H groups in total. The topological polar surface area (TPSA) is 56.0 Å². The number of halogens is 2. The molecule has 0 radical (unpaired) electrons. The minimum Gasteiger partial charge on any atom is -0.398 e. The summed E-state index contributed by atoms with van der Waals surface area (Å²) < 4.78 is 1.70. The Hall–Kier alpha value is -1.20. The van der Waals surface area contributed by atoms with Gasteiger partial charge >= 0.3 is 0 Å². The van der Waals surface area contributed by atoms with E-state index in [9.17, 15) is 4.79 Å². The van der Waals surface area contributed by atoms with E-state index in [4.69, 9.17) is 5.73 Å². The molecule has 0 aliphatic heterocycles. The number of ketones is 1. The normalized spacial score (nSPS) is 10.3. The van der Waals surface area contributed by atoms with E-state index in [-0.39, 0.29) is 12.2 Å². The number of nitrogens with two attached hydrogens (primary N) is 1. The van der Waals surface area contributed by atoms with Gasteiger partial charge in [0, 0.05) is 39.0 Å². The van der Waals surface area contributed by atoms with E-state index < -0.39 is 0 Å². The van der Waals surface area contributed by atoms with Crippen LogP contribution < -0.4 is 5.73 Å². The summed E-state index contributed by atoms with van der Waals surface area (Å²) in [6, 6.07) is 7.14. The largest absolute Gasteiger partial charge is 0.398 e. The zero-order chi connectivity index (χ0) is 13.1. The van der Waals surface area contributed by atoms with Crippen LogP contribution in [0, 0.1) is 0 Å². The Morgan fingerprint density at radius 2 is 1.94 bits per heavy atom. The van der Waals surface area contributed by atoms with Crippen molar-refractivity contribution in [1.82, 2.24) is 4.98 Å². The fourth-order valence-electron chi connectivity index (χ4n) is 1.60. The van der Waals surface area contributed by atoms with Gasteiger partial charge < -0.3 is 5.73 Å². The zero-order valence-electron chi connectivity index (χ0n) is 9.36. The molecule has 0 amide bonds. The van der Waals surface area contributed by atoms with E-state index in [1.165, 1.54) is 0 Å². The lowest BCUT2D eigenvalue weighted by Gasteiger charge is -2.05. The number of hydrogen-bond donors (Lipinski definition) is 1. The molecule has 0 fully saturated rings. The molecule has 1 aromatic heterocycles. The van der Waals surface area contributed by atoms with Crippen LogP contribution in [-0.4, -0.2) is 10.8 Å². The molecule has 2 rings (SSSR count). The summed E-state index contributed by atoms with van der Waals surface area (Å²) in [6.45, 7) is 0. The van der Waals surface area contributed by atoms with Crippen LogP contribution in [0.4, 0.5) is 5.69 Å². The SMILES string of the molecule is Nc1ccc(Br)cc1C(=O)Cc1cncc(Br)c1. The first-order valence-corrected chi connectivity index (χ1v) is 6.82. The van der Waals surface area contributed by atoms with Gasteiger partial charge in [0.15, 0.2) is 5.78 Å². The molecule has 0 aliphatic carbocycles. The van der Waals surface area contributed by atoms with Gasteiger partial charge in [0.2, 0.25) is 0 Å². The summed E-state index contributed by atoms with van der Waals surface area (Å²) >= 11 is 6.66. The Bertz CT molecular complexity index is 599. The highest BCUT2D eigenvalue weighted by atomic mass is 79.9. The van der Waals surface area contributed by atoms with Gasteiger partial charge in [-0.25, -0.2) is 0 Å². The van der Waals surface area contributed by atoms with Crippen LogP contribution in [0.2, 0.25) is 0 Å². The average Bonchev–Trinajstić information content (AvgIpc) is 2.32. The minimum absolute atomic E-state index is 0.0197. The van der Waals surface area contributed by atoms with Crippen LogP contribution in [0.5, 0.6) is 0 Å². The van der Waals surface area contributed by atoms with Gasteiger partial charge in [-0.05, 0) is 45.8 Å². The number of carbonyl (C=O) groups excluding carboxylic acids is 1. The molecule has 0 atom stereocenters. The second-order valence-electron chi connectivity index (χ2n) is 3.84. The third kappa shape index (κ3) is 3.17. The number of pyridine rings is 1. The number of aromatic nitrogens is 1. The molecule has 1 heterocycles. The molecule has 0 bridgehead atoms. The fourth-order valence-corrected chi connectivity index (χ4v) is 2.38. The summed E-state index contributed by atoms with van der Waals surface area (Å²) in [5, 5.41) is 0. The molecule has 0 spiro atoms. The lowest BCUT2D eigenvalue weighted by atomic mass is 10.0. The van der Waals surface area contributed by atoms with E-state index in [0.717, 1.165) is 14.5 Å². The van der Waals surface area contributed by atoms with Crippen LogP contribution in [-0.2, 0) is 6.42 Å². The van der Waals surface area contributed by atoms with Gasteiger partial charge in [0.05, 0.1) is 0 Å². The summed E-state index contributed by atoms with van der Waals surface area (Å²) in [4.78, 5) is 16.2. The Morgan fingerprint density at radius 3 is 2.67 bits per heavy atom. The average molecular weight is 370 g/mol. The van der Waals surface area contributed by atoms with Crippen molar-refractivity contribution < 1.29 is 4.79 Å². The maximum absolute atomic E-state index is 12.2. The standard InChI is InChI=1S/C13H10Br2N2O/c14-9-1-2-12(16)11(5-9)13(18)4-8-3-10(15)7-17-6-8/h1-3,5-7H,4,16H2. The molecule has 2 aromatic rings. The predicted molar refractivity (Wildman–Crippen MR) is 78.5 cm³/mol. The summed E-state index contributed by atoms with van der Waals surface area (Å²) in [6.07, 6.45) is 3.64. The first-order chi connectivity index (χ1) is 8.56. The van der Waals surface area contributed by atoms with Gasteiger partial charge in [-0.1, -0.05) is 15.9 Å². The molecular formula is C13H10Br2N2O. The van der Waals surface area contributed by atoms with Crippen LogP contribution in [0.25, 0.3) is 0 Å². The number of benzene rings is 1. The van der Waals surface area contributed by atoms with Crippen LogP contribution in [0.3, 0.4) is 0 Å². The predicted octanol–water partition coefficient (Wildman–Crippen LogP) is 3.61. The second kappa shape index (κ2) is 5.63. The monoisotopic (exact) mass is 368 g/mol. The van der Waals surface area contributed by atoms with Gasteiger partial charge in [-0.3, -0.25) is 9.78 Å². The fraction of sp³-hybridized carbons (Fsp3) is 0.0769. The lowest BCUT2D eigenvalue weighted by molar-refractivity contribution is 0.0993. The highest BCUT2D eigenvalue weighted by molar-refractivity contribution is 9.10. The lowest BCUT2D eigenvalue weighted by Crippen LogP contribution is -2.07. The zero-order valence-corrected chi connectivity index (χ0v) is 12.5. The molecule has 1 aromatic carbocycles. The van der Waals surface area contributed by atoms with Crippen molar-refractivity contribution in [2.24, 2.45) is 0 Å². The van der Waals surface area contributed by atoms with Gasteiger partial charge in [-0.2, -0.15) is 0 Å². The first-order valence-electron chi connectivity index (χ1n) is 5.24. The number of anilines is 1. The number of hydrogen-bond acceptors (Lipinski definition) is 3. The molecule has 0 saturated heterocycles.